The maximum Gasteiger partial charge on any atom is 0.270 e. The summed E-state index contributed by atoms with van der Waals surface area (Å²) in [6.45, 7) is 6.28. The molecule has 0 radical (unpaired) electrons. The Morgan fingerprint density at radius 2 is 2.14 bits per heavy atom. The number of nitrogens with zero attached hydrogens (tertiary/aromatic N) is 4. The summed E-state index contributed by atoms with van der Waals surface area (Å²) in [7, 11) is 0. The van der Waals surface area contributed by atoms with Crippen molar-refractivity contribution in [3.05, 3.63) is 33.2 Å². The van der Waals surface area contributed by atoms with Crippen LogP contribution < -0.4 is 10.9 Å². The van der Waals surface area contributed by atoms with Crippen molar-refractivity contribution in [2.75, 3.05) is 0 Å². The summed E-state index contributed by atoms with van der Waals surface area (Å²) in [6.07, 6.45) is 3.18. The Bertz CT molecular complexity index is 1130. The van der Waals surface area contributed by atoms with Gasteiger partial charge in [-0.05, 0) is 18.3 Å². The van der Waals surface area contributed by atoms with Crippen LogP contribution >= 0.6 is 11.6 Å². The van der Waals surface area contributed by atoms with Gasteiger partial charge in [0.25, 0.3) is 11.5 Å². The summed E-state index contributed by atoms with van der Waals surface area (Å²) in [6, 6.07) is 1.68. The number of aromatic amines is 1. The Balaban J connectivity index is 1.96. The van der Waals surface area contributed by atoms with E-state index < -0.39 is 17.3 Å². The van der Waals surface area contributed by atoms with Gasteiger partial charge in [0.15, 0.2) is 5.56 Å². The molecule has 3 N–H and O–H groups in total. The minimum Gasteiger partial charge on any atom is -0.492 e. The van der Waals surface area contributed by atoms with Crippen LogP contribution in [0.1, 0.15) is 44.0 Å². The number of H-pyrrole nitrogens is 1. The lowest BCUT2D eigenvalue weighted by Gasteiger charge is -2.21. The molecule has 28 heavy (non-hydrogen) atoms. The lowest BCUT2D eigenvalue weighted by atomic mass is 9.97. The molecule has 3 aromatic rings. The third-order valence-corrected chi connectivity index (χ3v) is 4.76. The van der Waals surface area contributed by atoms with Crippen LogP contribution in [0.2, 0.25) is 5.02 Å². The summed E-state index contributed by atoms with van der Waals surface area (Å²) >= 11 is 6.13. The molecule has 0 aliphatic heterocycles. The molecule has 1 aliphatic carbocycles. The zero-order valence-electron chi connectivity index (χ0n) is 15.8. The molecule has 0 atom stereocenters. The van der Waals surface area contributed by atoms with Crippen molar-refractivity contribution in [3.63, 3.8) is 0 Å². The number of carbonyl (C=O) groups is 1. The van der Waals surface area contributed by atoms with Gasteiger partial charge < -0.3 is 10.4 Å². The lowest BCUT2D eigenvalue weighted by molar-refractivity contribution is 0.0944. The smallest absolute Gasteiger partial charge is 0.270 e. The highest BCUT2D eigenvalue weighted by Crippen LogP contribution is 2.28. The minimum atomic E-state index is -0.591. The van der Waals surface area contributed by atoms with Crippen LogP contribution in [0.5, 0.6) is 5.88 Å². The monoisotopic (exact) mass is 404 g/mol. The molecule has 0 aromatic carbocycles. The number of hydrogen-bond acceptors (Lipinski definition) is 5. The average molecular weight is 405 g/mol. The average Bonchev–Trinajstić information content (AvgIpc) is 3.12. The summed E-state index contributed by atoms with van der Waals surface area (Å²) < 4.78 is 2.66. The van der Waals surface area contributed by atoms with Crippen LogP contribution in [-0.4, -0.2) is 41.4 Å². The first-order chi connectivity index (χ1) is 13.2. The predicted molar refractivity (Wildman–Crippen MR) is 104 cm³/mol. The van der Waals surface area contributed by atoms with Gasteiger partial charge in [0.1, 0.15) is 17.0 Å². The van der Waals surface area contributed by atoms with Crippen LogP contribution in [0.25, 0.3) is 17.0 Å². The quantitative estimate of drug-likeness (QED) is 0.616. The maximum atomic E-state index is 13.1. The van der Waals surface area contributed by atoms with Gasteiger partial charge in [0, 0.05) is 18.7 Å². The molecule has 0 bridgehead atoms. The van der Waals surface area contributed by atoms with Gasteiger partial charge in [-0.25, -0.2) is 0 Å². The summed E-state index contributed by atoms with van der Waals surface area (Å²) in [5, 5.41) is 24.8. The van der Waals surface area contributed by atoms with Gasteiger partial charge in [-0.1, -0.05) is 32.4 Å². The van der Waals surface area contributed by atoms with Gasteiger partial charge in [0.2, 0.25) is 5.88 Å². The maximum absolute atomic E-state index is 13.1. The lowest BCUT2D eigenvalue weighted by Crippen LogP contribution is -2.37. The molecular weight excluding hydrogens is 384 g/mol. The second-order valence-electron chi connectivity index (χ2n) is 8.29. The molecule has 1 saturated carbocycles. The molecule has 148 valence electrons. The fraction of sp³-hybridized carbons (Fsp3) is 0.444. The second-order valence-corrected chi connectivity index (χ2v) is 8.70. The SMILES string of the molecule is CC(C)(C)Cn1c(=O)c(C(=O)NC2CC2)c(O)n2nc(-c3[nH]ncc3Cl)cc12. The highest BCUT2D eigenvalue weighted by Gasteiger charge is 2.30. The van der Waals surface area contributed by atoms with Crippen molar-refractivity contribution in [1.29, 1.82) is 0 Å². The number of aromatic nitrogens is 5. The predicted octanol–water partition coefficient (Wildman–Crippen LogP) is 2.18. The van der Waals surface area contributed by atoms with E-state index in [-0.39, 0.29) is 17.0 Å². The van der Waals surface area contributed by atoms with Gasteiger partial charge in [-0.15, -0.1) is 0 Å². The van der Waals surface area contributed by atoms with Gasteiger partial charge in [-0.3, -0.25) is 19.3 Å². The first-order valence-corrected chi connectivity index (χ1v) is 9.39. The van der Waals surface area contributed by atoms with E-state index in [2.05, 4.69) is 20.6 Å². The Morgan fingerprint density at radius 1 is 1.43 bits per heavy atom. The van der Waals surface area contributed by atoms with Gasteiger partial charge >= 0.3 is 0 Å². The van der Waals surface area contributed by atoms with E-state index in [1.165, 1.54) is 15.3 Å². The second kappa shape index (κ2) is 6.37. The van der Waals surface area contributed by atoms with Crippen molar-refractivity contribution < 1.29 is 9.90 Å². The number of aromatic hydroxyl groups is 1. The summed E-state index contributed by atoms with van der Waals surface area (Å²) in [4.78, 5) is 25.8. The number of nitrogens with one attached hydrogen (secondary N) is 2. The minimum absolute atomic E-state index is 0.0510. The molecule has 0 spiro atoms. The van der Waals surface area contributed by atoms with Crippen LogP contribution in [0, 0.1) is 5.41 Å². The molecule has 3 heterocycles. The normalized spacial score (nSPS) is 14.6. The Hall–Kier alpha value is -2.81. The van der Waals surface area contributed by atoms with Crippen molar-refractivity contribution in [1.82, 2.24) is 29.7 Å². The van der Waals surface area contributed by atoms with Crippen LogP contribution in [-0.2, 0) is 6.54 Å². The molecule has 10 heteroatoms. The van der Waals surface area contributed by atoms with E-state index >= 15 is 0 Å². The molecule has 1 amide bonds. The van der Waals surface area contributed by atoms with E-state index in [0.717, 1.165) is 12.8 Å². The molecule has 1 fully saturated rings. The van der Waals surface area contributed by atoms with E-state index in [9.17, 15) is 14.7 Å². The summed E-state index contributed by atoms with van der Waals surface area (Å²) in [5.74, 6) is -1.09. The molecule has 3 aromatic heterocycles. The number of amides is 1. The van der Waals surface area contributed by atoms with Gasteiger partial charge in [-0.2, -0.15) is 14.7 Å². The first kappa shape index (κ1) is 18.5. The van der Waals surface area contributed by atoms with Crippen LogP contribution in [0.3, 0.4) is 0 Å². The molecule has 1 aliphatic rings. The van der Waals surface area contributed by atoms with Gasteiger partial charge in [0.05, 0.1) is 11.2 Å². The van der Waals surface area contributed by atoms with E-state index in [0.29, 0.717) is 28.6 Å². The van der Waals surface area contributed by atoms with E-state index in [1.807, 2.05) is 20.8 Å². The van der Waals surface area contributed by atoms with Crippen molar-refractivity contribution in [2.24, 2.45) is 5.41 Å². The highest BCUT2D eigenvalue weighted by atomic mass is 35.5. The Kier molecular flexibility index (Phi) is 4.22. The van der Waals surface area contributed by atoms with E-state index in [1.54, 1.807) is 6.07 Å². The van der Waals surface area contributed by atoms with Crippen LogP contribution in [0.15, 0.2) is 17.1 Å². The molecule has 0 saturated heterocycles. The molecule has 0 unspecified atom stereocenters. The third-order valence-electron chi connectivity index (χ3n) is 4.47. The fourth-order valence-corrected chi connectivity index (χ4v) is 3.23. The largest absolute Gasteiger partial charge is 0.492 e. The zero-order chi connectivity index (χ0) is 20.2. The standard InChI is InChI=1S/C18H21ClN6O3/c1-18(2,3)8-24-12-6-11(14-10(19)7-20-22-14)23-25(12)17(28)13(16(24)27)15(26)21-9-4-5-9/h6-7,9,28H,4-5,8H2,1-3H3,(H,20,22)(H,21,26). The van der Waals surface area contributed by atoms with Crippen molar-refractivity contribution in [2.45, 2.75) is 46.2 Å². The Morgan fingerprint density at radius 3 is 2.71 bits per heavy atom. The number of hydrogen-bond donors (Lipinski definition) is 3. The topological polar surface area (TPSA) is 117 Å². The number of fused-ring (bicyclic) bond motifs is 1. The zero-order valence-corrected chi connectivity index (χ0v) is 16.5. The molecule has 9 nitrogen and oxygen atoms in total. The Labute approximate surface area is 165 Å². The van der Waals surface area contributed by atoms with Crippen LogP contribution in [0.4, 0.5) is 0 Å². The number of rotatable bonds is 4. The molecule has 4 rings (SSSR count). The number of halogens is 1. The first-order valence-electron chi connectivity index (χ1n) is 9.01. The third kappa shape index (κ3) is 3.26. The molecular formula is C18H21ClN6O3. The van der Waals surface area contributed by atoms with Crippen molar-refractivity contribution >= 4 is 23.2 Å². The fourth-order valence-electron chi connectivity index (χ4n) is 3.04. The highest BCUT2D eigenvalue weighted by molar-refractivity contribution is 6.32. The summed E-state index contributed by atoms with van der Waals surface area (Å²) in [5.41, 5.74) is 0.111. The van der Waals surface area contributed by atoms with E-state index in [4.69, 9.17) is 11.6 Å². The number of carbonyl (C=O) groups excluding carboxylic acids is 1. The van der Waals surface area contributed by atoms with Crippen molar-refractivity contribution in [3.8, 4) is 17.3 Å².